The molecule has 0 aliphatic heterocycles. The molecule has 0 atom stereocenters. The van der Waals surface area contributed by atoms with Crippen molar-refractivity contribution in [2.45, 2.75) is 18.4 Å². The number of carbonyl (C=O) groups excluding carboxylic acids is 1. The van der Waals surface area contributed by atoms with Crippen LogP contribution in [0.5, 0.6) is 0 Å². The van der Waals surface area contributed by atoms with E-state index in [0.29, 0.717) is 5.69 Å². The van der Waals surface area contributed by atoms with Crippen LogP contribution in [0.4, 0.5) is 5.69 Å². The average molecular weight is 509 g/mol. The van der Waals surface area contributed by atoms with Crippen molar-refractivity contribution in [3.05, 3.63) is 109 Å². The minimum absolute atomic E-state index is 0.122. The number of para-hydroxylation sites is 2. The van der Waals surface area contributed by atoms with E-state index >= 15 is 0 Å². The number of benzene rings is 4. The van der Waals surface area contributed by atoms with Crippen LogP contribution in [0.1, 0.15) is 12.5 Å². The summed E-state index contributed by atoms with van der Waals surface area (Å²) in [7, 11) is -3.72. The van der Waals surface area contributed by atoms with E-state index in [-0.39, 0.29) is 17.3 Å². The summed E-state index contributed by atoms with van der Waals surface area (Å²) in [6.45, 7) is 1.53. The third-order valence-electron chi connectivity index (χ3n) is 5.80. The van der Waals surface area contributed by atoms with Crippen molar-refractivity contribution in [2.75, 3.05) is 5.32 Å². The Morgan fingerprint density at radius 2 is 1.24 bits per heavy atom. The smallest absolute Gasteiger partial charge is 0.240 e. The Bertz CT molecular complexity index is 1670. The number of fused-ring (bicyclic) bond motifs is 1. The van der Waals surface area contributed by atoms with E-state index in [2.05, 4.69) is 10.0 Å². The number of rotatable bonds is 7. The lowest BCUT2D eigenvalue weighted by Crippen LogP contribution is -2.23. The highest BCUT2D eigenvalue weighted by atomic mass is 32.2. The highest BCUT2D eigenvalue weighted by molar-refractivity contribution is 7.89. The first kappa shape index (κ1) is 24.3. The minimum Gasteiger partial charge on any atom is -0.326 e. The molecule has 1 amide bonds. The number of hydrogen-bond acceptors (Lipinski definition) is 5. The normalized spacial score (nSPS) is 11.4. The molecule has 37 heavy (non-hydrogen) atoms. The summed E-state index contributed by atoms with van der Waals surface area (Å²) in [5, 5.41) is 2.62. The Labute approximate surface area is 215 Å². The zero-order valence-electron chi connectivity index (χ0n) is 20.0. The molecule has 5 rings (SSSR count). The molecular weight excluding hydrogens is 484 g/mol. The van der Waals surface area contributed by atoms with Crippen LogP contribution in [-0.2, 0) is 21.4 Å². The third kappa shape index (κ3) is 5.55. The van der Waals surface area contributed by atoms with Crippen molar-refractivity contribution in [3.8, 4) is 22.5 Å². The average Bonchev–Trinajstić information content (AvgIpc) is 2.92. The summed E-state index contributed by atoms with van der Waals surface area (Å²) >= 11 is 0. The molecule has 0 fully saturated rings. The van der Waals surface area contributed by atoms with Crippen LogP contribution in [0.25, 0.3) is 33.5 Å². The number of aromatic nitrogens is 2. The van der Waals surface area contributed by atoms with Crippen molar-refractivity contribution in [1.29, 1.82) is 0 Å². The van der Waals surface area contributed by atoms with Gasteiger partial charge in [0.15, 0.2) is 0 Å². The molecule has 0 spiro atoms. The van der Waals surface area contributed by atoms with Gasteiger partial charge in [-0.05, 0) is 42.0 Å². The lowest BCUT2D eigenvalue weighted by molar-refractivity contribution is -0.114. The maximum absolute atomic E-state index is 12.7. The number of sulfonamides is 1. The molecule has 5 aromatic rings. The van der Waals surface area contributed by atoms with Crippen LogP contribution >= 0.6 is 0 Å². The standard InChI is InChI=1S/C29H24N4O3S/c1-20(34)31-24-15-17-25(18-16-24)37(35,36)30-19-21-11-13-23(14-12-21)29-28(22-7-3-2-4-8-22)32-26-9-5-6-10-27(26)33-29/h2-18,30H,19H2,1H3,(H,31,34). The zero-order chi connectivity index (χ0) is 25.8. The van der Waals surface area contributed by atoms with Gasteiger partial charge in [-0.2, -0.15) is 0 Å². The Morgan fingerprint density at radius 1 is 0.703 bits per heavy atom. The van der Waals surface area contributed by atoms with Gasteiger partial charge in [0.25, 0.3) is 0 Å². The second-order valence-electron chi connectivity index (χ2n) is 8.50. The van der Waals surface area contributed by atoms with Gasteiger partial charge in [0.1, 0.15) is 0 Å². The van der Waals surface area contributed by atoms with Crippen molar-refractivity contribution in [3.63, 3.8) is 0 Å². The van der Waals surface area contributed by atoms with E-state index in [1.807, 2.05) is 78.9 Å². The second-order valence-corrected chi connectivity index (χ2v) is 10.3. The number of nitrogens with one attached hydrogen (secondary N) is 2. The van der Waals surface area contributed by atoms with E-state index in [1.54, 1.807) is 12.1 Å². The van der Waals surface area contributed by atoms with Crippen LogP contribution in [-0.4, -0.2) is 24.3 Å². The zero-order valence-corrected chi connectivity index (χ0v) is 20.9. The van der Waals surface area contributed by atoms with Crippen LogP contribution in [0.2, 0.25) is 0 Å². The highest BCUT2D eigenvalue weighted by Gasteiger charge is 2.15. The molecule has 4 aromatic carbocycles. The van der Waals surface area contributed by atoms with Crippen LogP contribution in [0.3, 0.4) is 0 Å². The number of anilines is 1. The summed E-state index contributed by atoms with van der Waals surface area (Å²) in [5.74, 6) is -0.220. The molecule has 184 valence electrons. The fourth-order valence-corrected chi connectivity index (χ4v) is 4.98. The van der Waals surface area contributed by atoms with Gasteiger partial charge in [-0.3, -0.25) is 4.79 Å². The van der Waals surface area contributed by atoms with Crippen molar-refractivity contribution >= 4 is 32.7 Å². The molecule has 0 bridgehead atoms. The summed E-state index contributed by atoms with van der Waals surface area (Å²) in [6, 6.07) is 31.3. The number of nitrogens with zero attached hydrogens (tertiary/aromatic N) is 2. The molecule has 0 radical (unpaired) electrons. The quantitative estimate of drug-likeness (QED) is 0.307. The maximum atomic E-state index is 12.7. The van der Waals surface area contributed by atoms with E-state index in [4.69, 9.17) is 9.97 Å². The van der Waals surface area contributed by atoms with Gasteiger partial charge in [-0.1, -0.05) is 66.7 Å². The lowest BCUT2D eigenvalue weighted by Gasteiger charge is -2.12. The van der Waals surface area contributed by atoms with E-state index < -0.39 is 10.0 Å². The SMILES string of the molecule is CC(=O)Nc1ccc(S(=O)(=O)NCc2ccc(-c3nc4ccccc4nc3-c3ccccc3)cc2)cc1. The van der Waals surface area contributed by atoms with Gasteiger partial charge in [-0.25, -0.2) is 23.1 Å². The van der Waals surface area contributed by atoms with Gasteiger partial charge in [0.2, 0.25) is 15.9 Å². The fraction of sp³-hybridized carbons (Fsp3) is 0.0690. The minimum atomic E-state index is -3.72. The van der Waals surface area contributed by atoms with Gasteiger partial charge in [0.05, 0.1) is 27.3 Å². The van der Waals surface area contributed by atoms with Crippen LogP contribution < -0.4 is 10.0 Å². The Morgan fingerprint density at radius 3 is 1.81 bits per heavy atom. The molecule has 0 aliphatic rings. The predicted octanol–water partition coefficient (Wildman–Crippen LogP) is 5.40. The molecule has 7 nitrogen and oxygen atoms in total. The molecule has 0 saturated carbocycles. The summed E-state index contributed by atoms with van der Waals surface area (Å²) < 4.78 is 28.1. The lowest BCUT2D eigenvalue weighted by atomic mass is 10.0. The Kier molecular flexibility index (Phi) is 6.76. The summed E-state index contributed by atoms with van der Waals surface area (Å²) in [5.41, 5.74) is 6.37. The van der Waals surface area contributed by atoms with E-state index in [0.717, 1.165) is 39.1 Å². The topological polar surface area (TPSA) is 101 Å². The second kappa shape index (κ2) is 10.3. The first-order valence-electron chi connectivity index (χ1n) is 11.7. The number of hydrogen-bond donors (Lipinski definition) is 2. The van der Waals surface area contributed by atoms with E-state index in [9.17, 15) is 13.2 Å². The van der Waals surface area contributed by atoms with Crippen LogP contribution in [0, 0.1) is 0 Å². The largest absolute Gasteiger partial charge is 0.326 e. The monoisotopic (exact) mass is 508 g/mol. The Balaban J connectivity index is 1.38. The van der Waals surface area contributed by atoms with E-state index in [1.165, 1.54) is 19.1 Å². The first-order valence-corrected chi connectivity index (χ1v) is 13.2. The Hall–Kier alpha value is -4.40. The molecular formula is C29H24N4O3S. The molecule has 0 unspecified atom stereocenters. The number of carbonyl (C=O) groups is 1. The molecule has 8 heteroatoms. The molecule has 1 heterocycles. The van der Waals surface area contributed by atoms with Crippen molar-refractivity contribution < 1.29 is 13.2 Å². The first-order chi connectivity index (χ1) is 17.9. The van der Waals surface area contributed by atoms with Crippen molar-refractivity contribution in [1.82, 2.24) is 14.7 Å². The summed E-state index contributed by atoms with van der Waals surface area (Å²) in [6.07, 6.45) is 0. The van der Waals surface area contributed by atoms with Gasteiger partial charge >= 0.3 is 0 Å². The van der Waals surface area contributed by atoms with Crippen LogP contribution in [0.15, 0.2) is 108 Å². The molecule has 0 aliphatic carbocycles. The molecule has 0 saturated heterocycles. The highest BCUT2D eigenvalue weighted by Crippen LogP contribution is 2.31. The van der Waals surface area contributed by atoms with Gasteiger partial charge < -0.3 is 5.32 Å². The maximum Gasteiger partial charge on any atom is 0.240 e. The molecule has 1 aromatic heterocycles. The number of amides is 1. The molecule has 2 N–H and O–H groups in total. The van der Waals surface area contributed by atoms with Gasteiger partial charge in [-0.15, -0.1) is 0 Å². The van der Waals surface area contributed by atoms with Gasteiger partial charge in [0, 0.05) is 30.3 Å². The predicted molar refractivity (Wildman–Crippen MR) is 145 cm³/mol. The van der Waals surface area contributed by atoms with Crippen molar-refractivity contribution in [2.24, 2.45) is 0 Å². The third-order valence-corrected chi connectivity index (χ3v) is 7.21. The summed E-state index contributed by atoms with van der Waals surface area (Å²) in [4.78, 5) is 21.1. The fourth-order valence-electron chi connectivity index (χ4n) is 3.96.